The summed E-state index contributed by atoms with van der Waals surface area (Å²) in [6.45, 7) is 3.65. The van der Waals surface area contributed by atoms with Gasteiger partial charge in [-0.05, 0) is 26.0 Å². The minimum absolute atomic E-state index is 0.184. The Morgan fingerprint density at radius 1 is 1.36 bits per heavy atom. The van der Waals surface area contributed by atoms with E-state index in [9.17, 15) is 4.79 Å². The average molecular weight is 321 g/mol. The lowest BCUT2D eigenvalue weighted by atomic mass is 10.3. The highest BCUT2D eigenvalue weighted by molar-refractivity contribution is 7.17. The number of methoxy groups -OCH3 is 2. The van der Waals surface area contributed by atoms with Crippen LogP contribution in [0.1, 0.15) is 22.3 Å². The average Bonchev–Trinajstić information content (AvgIpc) is 2.91. The molecule has 2 rings (SSSR count). The Labute approximate surface area is 133 Å². The molecule has 0 fully saturated rings. The van der Waals surface area contributed by atoms with E-state index >= 15 is 0 Å². The van der Waals surface area contributed by atoms with Crippen molar-refractivity contribution in [2.24, 2.45) is 0 Å². The lowest BCUT2D eigenvalue weighted by Crippen LogP contribution is -2.42. The van der Waals surface area contributed by atoms with Crippen molar-refractivity contribution in [3.8, 4) is 10.6 Å². The van der Waals surface area contributed by atoms with Crippen molar-refractivity contribution in [3.05, 3.63) is 35.1 Å². The number of carbonyl (C=O) groups is 1. The highest BCUT2D eigenvalue weighted by Crippen LogP contribution is 2.27. The molecule has 1 N–H and O–H groups in total. The Morgan fingerprint density at radius 2 is 2.09 bits per heavy atom. The molecule has 0 saturated heterocycles. The third-order valence-corrected chi connectivity index (χ3v) is 4.35. The Kier molecular flexibility index (Phi) is 5.59. The minimum Gasteiger partial charge on any atom is -0.354 e. The van der Waals surface area contributed by atoms with Crippen molar-refractivity contribution in [1.29, 1.82) is 0 Å². The Hall–Kier alpha value is -1.83. The predicted molar refractivity (Wildman–Crippen MR) is 84.8 cm³/mol. The minimum atomic E-state index is -0.491. The monoisotopic (exact) mass is 321 g/mol. The van der Waals surface area contributed by atoms with Gasteiger partial charge in [-0.2, -0.15) is 0 Å². The van der Waals surface area contributed by atoms with E-state index in [1.54, 1.807) is 12.4 Å². The van der Waals surface area contributed by atoms with Gasteiger partial charge in [-0.3, -0.25) is 9.78 Å². The molecule has 0 aliphatic carbocycles. The van der Waals surface area contributed by atoms with Gasteiger partial charge in [0.15, 0.2) is 6.29 Å². The molecule has 7 heteroatoms. The topological polar surface area (TPSA) is 73.3 Å². The fourth-order valence-electron chi connectivity index (χ4n) is 2.06. The predicted octanol–water partition coefficient (Wildman–Crippen LogP) is 2.25. The number of thiazole rings is 1. The summed E-state index contributed by atoms with van der Waals surface area (Å²) in [7, 11) is 3.07. The molecule has 0 radical (unpaired) electrons. The first-order chi connectivity index (χ1) is 10.6. The van der Waals surface area contributed by atoms with Crippen LogP contribution in [0.3, 0.4) is 0 Å². The van der Waals surface area contributed by atoms with Crippen LogP contribution in [-0.2, 0) is 9.47 Å². The van der Waals surface area contributed by atoms with E-state index in [-0.39, 0.29) is 11.9 Å². The lowest BCUT2D eigenvalue weighted by Gasteiger charge is -2.21. The van der Waals surface area contributed by atoms with Crippen LogP contribution in [-0.4, -0.2) is 42.4 Å². The zero-order chi connectivity index (χ0) is 16.1. The zero-order valence-corrected chi connectivity index (χ0v) is 13.8. The molecule has 0 saturated carbocycles. The fraction of sp³-hybridized carbons (Fsp3) is 0.400. The summed E-state index contributed by atoms with van der Waals surface area (Å²) in [5.41, 5.74) is 1.59. The largest absolute Gasteiger partial charge is 0.354 e. The fourth-order valence-corrected chi connectivity index (χ4v) is 3.02. The highest BCUT2D eigenvalue weighted by atomic mass is 32.1. The molecule has 2 aromatic heterocycles. The summed E-state index contributed by atoms with van der Waals surface area (Å²) >= 11 is 1.34. The van der Waals surface area contributed by atoms with Crippen molar-refractivity contribution in [2.45, 2.75) is 26.2 Å². The van der Waals surface area contributed by atoms with Crippen molar-refractivity contribution < 1.29 is 14.3 Å². The van der Waals surface area contributed by atoms with E-state index in [0.717, 1.165) is 10.6 Å². The number of pyridine rings is 1. The molecule has 6 nitrogen and oxygen atoms in total. The summed E-state index contributed by atoms with van der Waals surface area (Å²) in [6.07, 6.45) is 2.94. The van der Waals surface area contributed by atoms with Gasteiger partial charge in [-0.1, -0.05) is 0 Å². The number of aryl methyl sites for hydroxylation is 1. The summed E-state index contributed by atoms with van der Waals surface area (Å²) in [4.78, 5) is 21.5. The van der Waals surface area contributed by atoms with Crippen LogP contribution in [0.2, 0.25) is 0 Å². The van der Waals surface area contributed by atoms with Crippen LogP contribution >= 0.6 is 11.3 Å². The van der Waals surface area contributed by atoms with Crippen LogP contribution in [0, 0.1) is 6.92 Å². The molecular weight excluding hydrogens is 302 g/mol. The number of rotatable bonds is 6. The normalized spacial score (nSPS) is 12.4. The van der Waals surface area contributed by atoms with E-state index < -0.39 is 6.29 Å². The van der Waals surface area contributed by atoms with Gasteiger partial charge in [0.1, 0.15) is 9.88 Å². The Morgan fingerprint density at radius 3 is 2.68 bits per heavy atom. The van der Waals surface area contributed by atoms with Crippen LogP contribution in [0.4, 0.5) is 0 Å². The van der Waals surface area contributed by atoms with E-state index in [4.69, 9.17) is 9.47 Å². The highest BCUT2D eigenvalue weighted by Gasteiger charge is 2.22. The molecule has 0 aliphatic rings. The first-order valence-corrected chi connectivity index (χ1v) is 7.62. The van der Waals surface area contributed by atoms with Crippen LogP contribution in [0.5, 0.6) is 0 Å². The van der Waals surface area contributed by atoms with Crippen LogP contribution < -0.4 is 5.32 Å². The number of nitrogens with zero attached hydrogens (tertiary/aromatic N) is 2. The molecule has 0 spiro atoms. The third-order valence-electron chi connectivity index (χ3n) is 3.14. The molecule has 0 aromatic carbocycles. The lowest BCUT2D eigenvalue weighted by molar-refractivity contribution is -0.117. The maximum atomic E-state index is 12.4. The molecule has 2 aromatic rings. The number of aromatic nitrogens is 2. The number of carbonyl (C=O) groups excluding carboxylic acids is 1. The third kappa shape index (κ3) is 3.68. The molecule has 2 heterocycles. The standard InChI is InChI=1S/C15H19N3O3S/c1-9-12(13(19)17-10(2)15(20-3)21-4)22-14(18-9)11-6-5-7-16-8-11/h5-8,10,15H,1-4H3,(H,17,19). The Bertz CT molecular complexity index is 626. The van der Waals surface area contributed by atoms with Gasteiger partial charge >= 0.3 is 0 Å². The SMILES string of the molecule is COC(OC)C(C)NC(=O)c1sc(-c2cccnc2)nc1C. The van der Waals surface area contributed by atoms with Gasteiger partial charge in [0, 0.05) is 32.2 Å². The molecular formula is C15H19N3O3S. The second-order valence-corrected chi connectivity index (χ2v) is 5.78. The van der Waals surface area contributed by atoms with Gasteiger partial charge in [-0.15, -0.1) is 11.3 Å². The number of hydrogen-bond acceptors (Lipinski definition) is 6. The second kappa shape index (κ2) is 7.44. The molecule has 0 aliphatic heterocycles. The van der Waals surface area contributed by atoms with Gasteiger partial charge in [0.2, 0.25) is 0 Å². The molecule has 1 unspecified atom stereocenters. The molecule has 1 atom stereocenters. The number of amides is 1. The van der Waals surface area contributed by atoms with Crippen molar-refractivity contribution >= 4 is 17.2 Å². The van der Waals surface area contributed by atoms with Gasteiger partial charge in [0.25, 0.3) is 5.91 Å². The summed E-state index contributed by atoms with van der Waals surface area (Å²) in [5.74, 6) is -0.184. The van der Waals surface area contributed by atoms with Gasteiger partial charge in [-0.25, -0.2) is 4.98 Å². The van der Waals surface area contributed by atoms with E-state index in [0.29, 0.717) is 10.6 Å². The summed E-state index contributed by atoms with van der Waals surface area (Å²) in [5, 5.41) is 3.65. The molecule has 1 amide bonds. The van der Waals surface area contributed by atoms with Gasteiger partial charge < -0.3 is 14.8 Å². The van der Waals surface area contributed by atoms with Crippen LogP contribution in [0.15, 0.2) is 24.5 Å². The van der Waals surface area contributed by atoms with E-state index in [2.05, 4.69) is 15.3 Å². The van der Waals surface area contributed by atoms with Crippen molar-refractivity contribution in [3.63, 3.8) is 0 Å². The quantitative estimate of drug-likeness (QED) is 0.826. The number of ether oxygens (including phenoxy) is 2. The first-order valence-electron chi connectivity index (χ1n) is 6.81. The maximum absolute atomic E-state index is 12.4. The molecule has 22 heavy (non-hydrogen) atoms. The van der Waals surface area contributed by atoms with Crippen molar-refractivity contribution in [2.75, 3.05) is 14.2 Å². The van der Waals surface area contributed by atoms with Gasteiger partial charge in [0.05, 0.1) is 11.7 Å². The Balaban J connectivity index is 2.16. The number of nitrogens with one attached hydrogen (secondary N) is 1. The zero-order valence-electron chi connectivity index (χ0n) is 13.0. The second-order valence-electron chi connectivity index (χ2n) is 4.78. The molecule has 0 bridgehead atoms. The van der Waals surface area contributed by atoms with Crippen LogP contribution in [0.25, 0.3) is 10.6 Å². The maximum Gasteiger partial charge on any atom is 0.263 e. The summed E-state index contributed by atoms with van der Waals surface area (Å²) < 4.78 is 10.3. The first kappa shape index (κ1) is 16.5. The smallest absolute Gasteiger partial charge is 0.263 e. The number of hydrogen-bond donors (Lipinski definition) is 1. The van der Waals surface area contributed by atoms with E-state index in [1.807, 2.05) is 26.0 Å². The van der Waals surface area contributed by atoms with Crippen molar-refractivity contribution in [1.82, 2.24) is 15.3 Å². The van der Waals surface area contributed by atoms with E-state index in [1.165, 1.54) is 25.6 Å². The summed E-state index contributed by atoms with van der Waals surface area (Å²) in [6, 6.07) is 3.49. The molecule has 118 valence electrons.